The number of nitrogens with zero attached hydrogens (tertiary/aromatic N) is 3. The van der Waals surface area contributed by atoms with Crippen LogP contribution in [0, 0.1) is 0 Å². The van der Waals surface area contributed by atoms with Crippen molar-refractivity contribution in [3.05, 3.63) is 17.8 Å². The highest BCUT2D eigenvalue weighted by Gasteiger charge is 2.11. The van der Waals surface area contributed by atoms with E-state index < -0.39 is 0 Å². The summed E-state index contributed by atoms with van der Waals surface area (Å²) in [4.78, 5) is 13.4. The maximum Gasteiger partial charge on any atom is 0.271 e. The highest BCUT2D eigenvalue weighted by molar-refractivity contribution is 5.92. The van der Waals surface area contributed by atoms with Crippen molar-refractivity contribution in [2.75, 3.05) is 25.0 Å². The highest BCUT2D eigenvalue weighted by Crippen LogP contribution is 2.10. The van der Waals surface area contributed by atoms with E-state index in [0.29, 0.717) is 24.6 Å². The Kier molecular flexibility index (Phi) is 4.84. The first-order valence-corrected chi connectivity index (χ1v) is 5.65. The van der Waals surface area contributed by atoms with Crippen molar-refractivity contribution in [1.29, 1.82) is 0 Å². The molecule has 1 rings (SSSR count). The van der Waals surface area contributed by atoms with Crippen LogP contribution in [0.15, 0.2) is 12.1 Å². The Morgan fingerprint density at radius 1 is 1.53 bits per heavy atom. The zero-order valence-corrected chi connectivity index (χ0v) is 10.5. The fourth-order valence-electron chi connectivity index (χ4n) is 1.27. The molecule has 1 heterocycles. The SMILES string of the molecule is CCNC(=O)c1ccc(N(C)C(C)CN)nn1. The van der Waals surface area contributed by atoms with Gasteiger partial charge in [0.15, 0.2) is 11.5 Å². The predicted molar refractivity (Wildman–Crippen MR) is 67.0 cm³/mol. The van der Waals surface area contributed by atoms with Gasteiger partial charge in [-0.2, -0.15) is 0 Å². The smallest absolute Gasteiger partial charge is 0.271 e. The molecule has 0 aliphatic heterocycles. The zero-order valence-electron chi connectivity index (χ0n) is 10.5. The lowest BCUT2D eigenvalue weighted by molar-refractivity contribution is 0.0950. The molecule has 0 radical (unpaired) electrons. The van der Waals surface area contributed by atoms with Gasteiger partial charge >= 0.3 is 0 Å². The van der Waals surface area contributed by atoms with Crippen molar-refractivity contribution < 1.29 is 4.79 Å². The van der Waals surface area contributed by atoms with Crippen molar-refractivity contribution in [1.82, 2.24) is 15.5 Å². The fourth-order valence-corrected chi connectivity index (χ4v) is 1.27. The largest absolute Gasteiger partial charge is 0.354 e. The molecule has 17 heavy (non-hydrogen) atoms. The molecule has 0 saturated carbocycles. The summed E-state index contributed by atoms with van der Waals surface area (Å²) >= 11 is 0. The summed E-state index contributed by atoms with van der Waals surface area (Å²) in [5.74, 6) is 0.497. The Morgan fingerprint density at radius 3 is 2.71 bits per heavy atom. The molecule has 1 amide bonds. The lowest BCUT2D eigenvalue weighted by atomic mass is 10.3. The van der Waals surface area contributed by atoms with Crippen molar-refractivity contribution in [3.63, 3.8) is 0 Å². The molecule has 0 aliphatic carbocycles. The lowest BCUT2D eigenvalue weighted by Gasteiger charge is -2.23. The molecule has 1 aromatic rings. The van der Waals surface area contributed by atoms with Gasteiger partial charge in [0, 0.05) is 26.2 Å². The summed E-state index contributed by atoms with van der Waals surface area (Å²) in [6, 6.07) is 3.61. The number of hydrogen-bond donors (Lipinski definition) is 2. The standard InChI is InChI=1S/C11H19N5O/c1-4-13-11(17)9-5-6-10(15-14-9)16(3)8(2)7-12/h5-6,8H,4,7,12H2,1-3H3,(H,13,17). The van der Waals surface area contributed by atoms with Crippen LogP contribution in [-0.4, -0.2) is 42.3 Å². The number of carbonyl (C=O) groups is 1. The summed E-state index contributed by atoms with van der Waals surface area (Å²) < 4.78 is 0. The van der Waals surface area contributed by atoms with Gasteiger partial charge in [0.05, 0.1) is 0 Å². The van der Waals surface area contributed by atoms with Crippen LogP contribution in [0.4, 0.5) is 5.82 Å². The van der Waals surface area contributed by atoms with Gasteiger partial charge in [-0.1, -0.05) is 0 Å². The van der Waals surface area contributed by atoms with Gasteiger partial charge in [-0.05, 0) is 26.0 Å². The van der Waals surface area contributed by atoms with E-state index in [-0.39, 0.29) is 11.9 Å². The van der Waals surface area contributed by atoms with E-state index in [1.807, 2.05) is 25.8 Å². The van der Waals surface area contributed by atoms with Crippen molar-refractivity contribution in [2.24, 2.45) is 5.73 Å². The van der Waals surface area contributed by atoms with Gasteiger partial charge in [0.25, 0.3) is 5.91 Å². The number of nitrogens with two attached hydrogens (primary N) is 1. The summed E-state index contributed by atoms with van der Waals surface area (Å²) in [6.07, 6.45) is 0. The maximum atomic E-state index is 11.5. The molecular weight excluding hydrogens is 218 g/mol. The van der Waals surface area contributed by atoms with E-state index in [0.717, 1.165) is 0 Å². The third-order valence-electron chi connectivity index (χ3n) is 2.58. The number of carbonyl (C=O) groups excluding carboxylic acids is 1. The zero-order chi connectivity index (χ0) is 12.8. The number of hydrogen-bond acceptors (Lipinski definition) is 5. The summed E-state index contributed by atoms with van der Waals surface area (Å²) in [7, 11) is 1.90. The molecule has 0 aromatic carbocycles. The molecular formula is C11H19N5O. The van der Waals surface area contributed by atoms with E-state index in [2.05, 4.69) is 15.5 Å². The number of rotatable bonds is 5. The molecule has 0 bridgehead atoms. The van der Waals surface area contributed by atoms with Gasteiger partial charge in [-0.3, -0.25) is 4.79 Å². The Balaban J connectivity index is 2.77. The van der Waals surface area contributed by atoms with Crippen LogP contribution >= 0.6 is 0 Å². The number of amides is 1. The first-order valence-electron chi connectivity index (χ1n) is 5.65. The molecule has 94 valence electrons. The minimum absolute atomic E-state index is 0.180. The quantitative estimate of drug-likeness (QED) is 0.753. The van der Waals surface area contributed by atoms with Crippen LogP contribution in [-0.2, 0) is 0 Å². The minimum atomic E-state index is -0.207. The first-order chi connectivity index (χ1) is 8.10. The Hall–Kier alpha value is -1.69. The lowest BCUT2D eigenvalue weighted by Crippen LogP contribution is -2.36. The highest BCUT2D eigenvalue weighted by atomic mass is 16.1. The average molecular weight is 237 g/mol. The molecule has 1 atom stereocenters. The molecule has 0 aliphatic rings. The molecule has 1 aromatic heterocycles. The van der Waals surface area contributed by atoms with Crippen LogP contribution in [0.3, 0.4) is 0 Å². The van der Waals surface area contributed by atoms with Gasteiger partial charge < -0.3 is 16.0 Å². The number of aromatic nitrogens is 2. The van der Waals surface area contributed by atoms with Gasteiger partial charge in [0.1, 0.15) is 0 Å². The van der Waals surface area contributed by atoms with Gasteiger partial charge in [0.2, 0.25) is 0 Å². The maximum absolute atomic E-state index is 11.5. The van der Waals surface area contributed by atoms with Crippen molar-refractivity contribution in [2.45, 2.75) is 19.9 Å². The minimum Gasteiger partial charge on any atom is -0.354 e. The van der Waals surface area contributed by atoms with E-state index in [1.165, 1.54) is 0 Å². The number of anilines is 1. The topological polar surface area (TPSA) is 84.1 Å². The van der Waals surface area contributed by atoms with Gasteiger partial charge in [-0.15, -0.1) is 10.2 Å². The van der Waals surface area contributed by atoms with Crippen molar-refractivity contribution in [3.8, 4) is 0 Å². The second-order valence-corrected chi connectivity index (χ2v) is 3.83. The third-order valence-corrected chi connectivity index (χ3v) is 2.58. The van der Waals surface area contributed by atoms with Gasteiger partial charge in [-0.25, -0.2) is 0 Å². The van der Waals surface area contributed by atoms with Crippen LogP contribution in [0.1, 0.15) is 24.3 Å². The van der Waals surface area contributed by atoms with Crippen LogP contribution < -0.4 is 16.0 Å². The number of likely N-dealkylation sites (N-methyl/N-ethyl adjacent to an activating group) is 1. The average Bonchev–Trinajstić information content (AvgIpc) is 2.37. The second kappa shape index (κ2) is 6.15. The molecule has 6 nitrogen and oxygen atoms in total. The fraction of sp³-hybridized carbons (Fsp3) is 0.545. The van der Waals surface area contributed by atoms with E-state index in [9.17, 15) is 4.79 Å². The van der Waals surface area contributed by atoms with E-state index >= 15 is 0 Å². The van der Waals surface area contributed by atoms with Crippen LogP contribution in [0.25, 0.3) is 0 Å². The molecule has 1 unspecified atom stereocenters. The van der Waals surface area contributed by atoms with Crippen LogP contribution in [0.2, 0.25) is 0 Å². The van der Waals surface area contributed by atoms with E-state index in [1.54, 1.807) is 12.1 Å². The Labute approximate surface area is 101 Å². The third kappa shape index (κ3) is 3.39. The summed E-state index contributed by atoms with van der Waals surface area (Å²) in [5, 5.41) is 10.6. The second-order valence-electron chi connectivity index (χ2n) is 3.83. The number of nitrogens with one attached hydrogen (secondary N) is 1. The molecule has 3 N–H and O–H groups in total. The molecule has 0 spiro atoms. The Bertz CT molecular complexity index is 365. The van der Waals surface area contributed by atoms with E-state index in [4.69, 9.17) is 5.73 Å². The summed E-state index contributed by atoms with van der Waals surface area (Å²) in [6.45, 7) is 4.97. The first kappa shape index (κ1) is 13.4. The predicted octanol–water partition coefficient (Wildman–Crippen LogP) is 0.00970. The van der Waals surface area contributed by atoms with Crippen LogP contribution in [0.5, 0.6) is 0 Å². The molecule has 6 heteroatoms. The monoisotopic (exact) mass is 237 g/mol. The molecule has 0 saturated heterocycles. The Morgan fingerprint density at radius 2 is 2.24 bits per heavy atom. The van der Waals surface area contributed by atoms with Crippen molar-refractivity contribution >= 4 is 11.7 Å². The normalized spacial score (nSPS) is 12.0. The summed E-state index contributed by atoms with van der Waals surface area (Å²) in [5.41, 5.74) is 5.90. The molecule has 0 fully saturated rings.